The molecule has 4 rings (SSSR count). The second kappa shape index (κ2) is 9.23. The number of aliphatic hydroxyl groups is 1. The summed E-state index contributed by atoms with van der Waals surface area (Å²) >= 11 is 0. The number of rotatable bonds is 8. The van der Waals surface area contributed by atoms with Gasteiger partial charge in [-0.15, -0.1) is 0 Å². The lowest BCUT2D eigenvalue weighted by Gasteiger charge is -2.25. The molecular formula is C24H30FNO4. The van der Waals surface area contributed by atoms with Gasteiger partial charge < -0.3 is 24.6 Å². The molecule has 0 bridgehead atoms. The predicted molar refractivity (Wildman–Crippen MR) is 113 cm³/mol. The topological polar surface area (TPSA) is 62.2 Å². The van der Waals surface area contributed by atoms with Crippen LogP contribution < -0.4 is 9.47 Å². The Morgan fingerprint density at radius 1 is 1.07 bits per heavy atom. The van der Waals surface area contributed by atoms with Gasteiger partial charge in [0.15, 0.2) is 11.5 Å². The van der Waals surface area contributed by atoms with Gasteiger partial charge in [0.25, 0.3) is 0 Å². The largest absolute Gasteiger partial charge is 0.508 e. The molecule has 30 heavy (non-hydrogen) atoms. The van der Waals surface area contributed by atoms with Crippen molar-refractivity contribution < 1.29 is 24.1 Å². The molecule has 1 saturated heterocycles. The Morgan fingerprint density at radius 3 is 2.37 bits per heavy atom. The van der Waals surface area contributed by atoms with Crippen molar-refractivity contribution in [3.63, 3.8) is 0 Å². The molecule has 2 N–H and O–H groups in total. The van der Waals surface area contributed by atoms with Crippen molar-refractivity contribution in [2.75, 3.05) is 33.4 Å². The van der Waals surface area contributed by atoms with Crippen molar-refractivity contribution >= 4 is 0 Å². The van der Waals surface area contributed by atoms with Crippen LogP contribution in [0.4, 0.5) is 4.39 Å². The van der Waals surface area contributed by atoms with Crippen molar-refractivity contribution in [3.8, 4) is 17.2 Å². The summed E-state index contributed by atoms with van der Waals surface area (Å²) < 4.78 is 25.4. The summed E-state index contributed by atoms with van der Waals surface area (Å²) in [6.45, 7) is 3.05. The minimum Gasteiger partial charge on any atom is -0.508 e. The van der Waals surface area contributed by atoms with Crippen LogP contribution in [0.5, 0.6) is 17.2 Å². The van der Waals surface area contributed by atoms with Crippen LogP contribution in [0.2, 0.25) is 0 Å². The molecule has 1 saturated carbocycles. The number of phenolic OH excluding ortho intramolecular Hbond substituents is 1. The summed E-state index contributed by atoms with van der Waals surface area (Å²) in [5.74, 6) is 1.66. The standard InChI is InChI=1S/C24H30FNO4/c1-29-22-3-2-4-23(24(22)25)30-21-11-18-14-26(15-19(18)12-21)13-17(9-10-27)16-5-7-20(28)8-6-16/h2-8,17-19,21,27-28H,9-15H2,1H3/t17?,18-,19+,21+. The van der Waals surface area contributed by atoms with Gasteiger partial charge in [-0.05, 0) is 66.8 Å². The third kappa shape index (κ3) is 4.55. The van der Waals surface area contributed by atoms with E-state index in [2.05, 4.69) is 4.90 Å². The number of halogens is 1. The van der Waals surface area contributed by atoms with Crippen LogP contribution in [0, 0.1) is 17.7 Å². The van der Waals surface area contributed by atoms with E-state index >= 15 is 0 Å². The molecule has 4 atom stereocenters. The average Bonchev–Trinajstić information content (AvgIpc) is 3.28. The number of fused-ring (bicyclic) bond motifs is 1. The monoisotopic (exact) mass is 415 g/mol. The average molecular weight is 416 g/mol. The zero-order valence-corrected chi connectivity index (χ0v) is 17.3. The van der Waals surface area contributed by atoms with E-state index in [1.165, 1.54) is 7.11 Å². The molecule has 5 nitrogen and oxygen atoms in total. The maximum Gasteiger partial charge on any atom is 0.206 e. The first-order chi connectivity index (χ1) is 14.6. The fraction of sp³-hybridized carbons (Fsp3) is 0.500. The Balaban J connectivity index is 1.33. The van der Waals surface area contributed by atoms with E-state index in [0.29, 0.717) is 18.3 Å². The zero-order chi connectivity index (χ0) is 21.1. The van der Waals surface area contributed by atoms with Crippen LogP contribution in [0.25, 0.3) is 0 Å². The van der Waals surface area contributed by atoms with E-state index in [1.807, 2.05) is 12.1 Å². The summed E-state index contributed by atoms with van der Waals surface area (Å²) in [7, 11) is 1.46. The molecule has 1 heterocycles. The Bertz CT molecular complexity index is 830. The highest BCUT2D eigenvalue weighted by Crippen LogP contribution is 2.41. The molecule has 2 aliphatic rings. The predicted octanol–water partition coefficient (Wildman–Crippen LogP) is 3.80. The Kier molecular flexibility index (Phi) is 6.44. The van der Waals surface area contributed by atoms with Crippen LogP contribution in [-0.2, 0) is 0 Å². The fourth-order valence-corrected chi connectivity index (χ4v) is 5.08. The van der Waals surface area contributed by atoms with Gasteiger partial charge in [0.1, 0.15) is 5.75 Å². The Morgan fingerprint density at radius 2 is 1.73 bits per heavy atom. The second-order valence-electron chi connectivity index (χ2n) is 8.52. The van der Waals surface area contributed by atoms with Crippen molar-refractivity contribution in [2.45, 2.75) is 31.3 Å². The quantitative estimate of drug-likeness (QED) is 0.687. The lowest BCUT2D eigenvalue weighted by Crippen LogP contribution is -2.29. The molecule has 0 spiro atoms. The number of aliphatic hydroxyl groups excluding tert-OH is 1. The molecule has 2 aromatic carbocycles. The lowest BCUT2D eigenvalue weighted by atomic mass is 9.95. The number of likely N-dealkylation sites (tertiary alicyclic amines) is 1. The van der Waals surface area contributed by atoms with Crippen LogP contribution >= 0.6 is 0 Å². The maximum absolute atomic E-state index is 14.4. The molecule has 162 valence electrons. The number of ether oxygens (including phenoxy) is 2. The molecule has 2 aromatic rings. The molecule has 0 radical (unpaired) electrons. The lowest BCUT2D eigenvalue weighted by molar-refractivity contribution is 0.173. The third-order valence-corrected chi connectivity index (χ3v) is 6.55. The fourth-order valence-electron chi connectivity index (χ4n) is 5.08. The molecule has 1 unspecified atom stereocenters. The summed E-state index contributed by atoms with van der Waals surface area (Å²) in [4.78, 5) is 2.48. The summed E-state index contributed by atoms with van der Waals surface area (Å²) in [5, 5.41) is 19.0. The number of nitrogens with zero attached hydrogens (tertiary/aromatic N) is 1. The number of phenols is 1. The van der Waals surface area contributed by atoms with Crippen molar-refractivity contribution in [3.05, 3.63) is 53.8 Å². The first-order valence-corrected chi connectivity index (χ1v) is 10.7. The van der Waals surface area contributed by atoms with Crippen molar-refractivity contribution in [1.82, 2.24) is 4.90 Å². The van der Waals surface area contributed by atoms with Gasteiger partial charge >= 0.3 is 0 Å². The first-order valence-electron chi connectivity index (χ1n) is 10.7. The van der Waals surface area contributed by atoms with E-state index in [-0.39, 0.29) is 35.9 Å². The van der Waals surface area contributed by atoms with Crippen molar-refractivity contribution in [2.24, 2.45) is 11.8 Å². The molecule has 1 aliphatic carbocycles. The van der Waals surface area contributed by atoms with Gasteiger partial charge in [0.2, 0.25) is 5.82 Å². The van der Waals surface area contributed by atoms with Crippen LogP contribution in [0.1, 0.15) is 30.7 Å². The number of hydrogen-bond acceptors (Lipinski definition) is 5. The molecule has 0 amide bonds. The molecule has 1 aliphatic heterocycles. The Labute approximate surface area is 177 Å². The molecule has 0 aromatic heterocycles. The van der Waals surface area contributed by atoms with Crippen LogP contribution in [-0.4, -0.2) is 54.6 Å². The van der Waals surface area contributed by atoms with Gasteiger partial charge in [-0.25, -0.2) is 0 Å². The Hall–Kier alpha value is -2.31. The zero-order valence-electron chi connectivity index (χ0n) is 17.3. The maximum atomic E-state index is 14.4. The number of aromatic hydroxyl groups is 1. The van der Waals surface area contributed by atoms with Gasteiger partial charge in [0, 0.05) is 26.2 Å². The van der Waals surface area contributed by atoms with E-state index < -0.39 is 5.82 Å². The van der Waals surface area contributed by atoms with E-state index in [9.17, 15) is 14.6 Å². The highest BCUT2D eigenvalue weighted by atomic mass is 19.1. The van der Waals surface area contributed by atoms with E-state index in [0.717, 1.165) is 38.0 Å². The summed E-state index contributed by atoms with van der Waals surface area (Å²) in [5.41, 5.74) is 1.15. The smallest absolute Gasteiger partial charge is 0.206 e. The number of benzene rings is 2. The third-order valence-electron chi connectivity index (χ3n) is 6.55. The molecule has 2 fully saturated rings. The van der Waals surface area contributed by atoms with Gasteiger partial charge in [0.05, 0.1) is 13.2 Å². The minimum absolute atomic E-state index is 0.0362. The first kappa shape index (κ1) is 20.9. The van der Waals surface area contributed by atoms with E-state index in [1.54, 1.807) is 30.3 Å². The number of methoxy groups -OCH3 is 1. The van der Waals surface area contributed by atoms with Gasteiger partial charge in [-0.2, -0.15) is 4.39 Å². The van der Waals surface area contributed by atoms with Gasteiger partial charge in [-0.1, -0.05) is 18.2 Å². The summed E-state index contributed by atoms with van der Waals surface area (Å²) in [6, 6.07) is 12.3. The molecular weight excluding hydrogens is 385 g/mol. The highest BCUT2D eigenvalue weighted by molar-refractivity contribution is 5.35. The normalized spacial score (nSPS) is 24.6. The highest BCUT2D eigenvalue weighted by Gasteiger charge is 2.42. The van der Waals surface area contributed by atoms with Crippen LogP contribution in [0.3, 0.4) is 0 Å². The van der Waals surface area contributed by atoms with Gasteiger partial charge in [-0.3, -0.25) is 0 Å². The number of hydrogen-bond donors (Lipinski definition) is 2. The van der Waals surface area contributed by atoms with E-state index in [4.69, 9.17) is 9.47 Å². The summed E-state index contributed by atoms with van der Waals surface area (Å²) in [6.07, 6.45) is 2.61. The van der Waals surface area contributed by atoms with Crippen LogP contribution in [0.15, 0.2) is 42.5 Å². The minimum atomic E-state index is -0.431. The second-order valence-corrected chi connectivity index (χ2v) is 8.52. The van der Waals surface area contributed by atoms with Crippen molar-refractivity contribution in [1.29, 1.82) is 0 Å². The SMILES string of the molecule is COc1cccc(O[C@H]2C[C@@H]3CN(CC(CCO)c4ccc(O)cc4)C[C@@H]3C2)c1F. The molecule has 6 heteroatoms.